The maximum absolute atomic E-state index is 11.9. The number of carbonyl (C=O) groups excluding carboxylic acids is 1. The highest BCUT2D eigenvalue weighted by molar-refractivity contribution is 7.80. The Bertz CT molecular complexity index is 672. The molecule has 0 spiro atoms. The Morgan fingerprint density at radius 2 is 1.76 bits per heavy atom. The number of rotatable bonds is 8. The first kappa shape index (κ1) is 18.9. The van der Waals surface area contributed by atoms with Gasteiger partial charge < -0.3 is 10.1 Å². The molecule has 0 aliphatic carbocycles. The van der Waals surface area contributed by atoms with Crippen molar-refractivity contribution in [1.29, 1.82) is 0 Å². The number of aryl methyl sites for hydroxylation is 1. The summed E-state index contributed by atoms with van der Waals surface area (Å²) in [5, 5.41) is 5.89. The standard InChI is InChI=1S/C20H24N2O2S/c1-2-3-5-8-16-11-13-17(14-12-16)21-20(25)22-19(23)15-24-18-9-6-4-7-10-18/h4,6-7,9-14H,2-3,5,8,15H2,1H3,(H2,21,22,23,25). The Kier molecular flexibility index (Phi) is 7.92. The van der Waals surface area contributed by atoms with Gasteiger partial charge in [0.2, 0.25) is 0 Å². The summed E-state index contributed by atoms with van der Waals surface area (Å²) in [4.78, 5) is 11.9. The van der Waals surface area contributed by atoms with Gasteiger partial charge in [0, 0.05) is 5.69 Å². The molecular formula is C20H24N2O2S. The molecule has 0 aliphatic heterocycles. The lowest BCUT2D eigenvalue weighted by Crippen LogP contribution is -2.37. The highest BCUT2D eigenvalue weighted by atomic mass is 32.1. The predicted octanol–water partition coefficient (Wildman–Crippen LogP) is 4.31. The minimum Gasteiger partial charge on any atom is -0.484 e. The minimum atomic E-state index is -0.294. The van der Waals surface area contributed by atoms with Gasteiger partial charge in [-0.05, 0) is 54.9 Å². The molecule has 0 saturated heterocycles. The Labute approximate surface area is 154 Å². The van der Waals surface area contributed by atoms with Gasteiger partial charge in [0.05, 0.1) is 0 Å². The third-order valence-corrected chi connectivity index (χ3v) is 3.85. The quantitative estimate of drug-likeness (QED) is 0.547. The van der Waals surface area contributed by atoms with Crippen LogP contribution in [0.4, 0.5) is 5.69 Å². The molecule has 0 fully saturated rings. The number of hydrogen-bond acceptors (Lipinski definition) is 3. The number of benzene rings is 2. The van der Waals surface area contributed by atoms with Crippen LogP contribution in [0.2, 0.25) is 0 Å². The molecule has 0 bridgehead atoms. The van der Waals surface area contributed by atoms with Crippen LogP contribution in [-0.4, -0.2) is 17.6 Å². The van der Waals surface area contributed by atoms with Crippen LogP contribution in [0.1, 0.15) is 31.7 Å². The van der Waals surface area contributed by atoms with Crippen LogP contribution in [-0.2, 0) is 11.2 Å². The summed E-state index contributed by atoms with van der Waals surface area (Å²) in [5.74, 6) is 0.354. The zero-order valence-corrected chi connectivity index (χ0v) is 15.3. The average Bonchev–Trinajstić information content (AvgIpc) is 2.62. The van der Waals surface area contributed by atoms with Crippen LogP contribution >= 0.6 is 12.2 Å². The molecule has 2 N–H and O–H groups in total. The lowest BCUT2D eigenvalue weighted by atomic mass is 10.1. The fraction of sp³-hybridized carbons (Fsp3) is 0.300. The van der Waals surface area contributed by atoms with Crippen LogP contribution in [0, 0.1) is 0 Å². The van der Waals surface area contributed by atoms with Crippen molar-refractivity contribution in [2.24, 2.45) is 0 Å². The zero-order chi connectivity index (χ0) is 17.9. The van der Waals surface area contributed by atoms with Gasteiger partial charge in [-0.1, -0.05) is 50.1 Å². The first-order chi connectivity index (χ1) is 12.2. The summed E-state index contributed by atoms with van der Waals surface area (Å²) < 4.78 is 5.38. The largest absolute Gasteiger partial charge is 0.484 e. The van der Waals surface area contributed by atoms with Crippen LogP contribution in [0.25, 0.3) is 0 Å². The molecule has 0 aromatic heterocycles. The summed E-state index contributed by atoms with van der Waals surface area (Å²) in [6.07, 6.45) is 4.77. The normalized spacial score (nSPS) is 10.1. The summed E-state index contributed by atoms with van der Waals surface area (Å²) >= 11 is 5.16. The van der Waals surface area contributed by atoms with Gasteiger partial charge >= 0.3 is 0 Å². The molecular weight excluding hydrogens is 332 g/mol. The summed E-state index contributed by atoms with van der Waals surface area (Å²) in [7, 11) is 0. The maximum atomic E-state index is 11.9. The Balaban J connectivity index is 1.72. The highest BCUT2D eigenvalue weighted by Gasteiger charge is 2.06. The highest BCUT2D eigenvalue weighted by Crippen LogP contribution is 2.12. The van der Waals surface area contributed by atoms with E-state index < -0.39 is 0 Å². The van der Waals surface area contributed by atoms with Crippen LogP contribution in [0.15, 0.2) is 54.6 Å². The number of carbonyl (C=O) groups is 1. The Morgan fingerprint density at radius 1 is 1.04 bits per heavy atom. The van der Waals surface area contributed by atoms with E-state index in [0.29, 0.717) is 5.75 Å². The van der Waals surface area contributed by atoms with E-state index in [4.69, 9.17) is 17.0 Å². The second-order valence-electron chi connectivity index (χ2n) is 5.76. The third-order valence-electron chi connectivity index (χ3n) is 3.65. The third kappa shape index (κ3) is 7.35. The van der Waals surface area contributed by atoms with E-state index in [1.54, 1.807) is 12.1 Å². The number of thiocarbonyl (C=S) groups is 1. The minimum absolute atomic E-state index is 0.0812. The van der Waals surface area contributed by atoms with Gasteiger partial charge in [-0.25, -0.2) is 0 Å². The van der Waals surface area contributed by atoms with E-state index in [1.807, 2.05) is 30.3 Å². The van der Waals surface area contributed by atoms with Crippen molar-refractivity contribution in [2.75, 3.05) is 11.9 Å². The molecule has 2 aromatic rings. The zero-order valence-electron chi connectivity index (χ0n) is 14.5. The monoisotopic (exact) mass is 356 g/mol. The Hall–Kier alpha value is -2.40. The van der Waals surface area contributed by atoms with E-state index in [-0.39, 0.29) is 17.6 Å². The molecule has 25 heavy (non-hydrogen) atoms. The van der Waals surface area contributed by atoms with E-state index in [9.17, 15) is 4.79 Å². The van der Waals surface area contributed by atoms with Crippen molar-refractivity contribution < 1.29 is 9.53 Å². The number of nitrogens with one attached hydrogen (secondary N) is 2. The van der Waals surface area contributed by atoms with Crippen LogP contribution in [0.5, 0.6) is 5.75 Å². The molecule has 0 aliphatic rings. The summed E-state index contributed by atoms with van der Waals surface area (Å²) in [5.41, 5.74) is 2.17. The SMILES string of the molecule is CCCCCc1ccc(NC(=S)NC(=O)COc2ccccc2)cc1. The predicted molar refractivity (Wildman–Crippen MR) is 106 cm³/mol. The van der Waals surface area contributed by atoms with Crippen LogP contribution < -0.4 is 15.4 Å². The topological polar surface area (TPSA) is 50.4 Å². The van der Waals surface area contributed by atoms with Gasteiger partial charge in [0.15, 0.2) is 11.7 Å². The number of para-hydroxylation sites is 1. The van der Waals surface area contributed by atoms with Gasteiger partial charge in [0.1, 0.15) is 5.75 Å². The van der Waals surface area contributed by atoms with E-state index >= 15 is 0 Å². The van der Waals surface area contributed by atoms with E-state index in [0.717, 1.165) is 12.1 Å². The maximum Gasteiger partial charge on any atom is 0.264 e. The lowest BCUT2D eigenvalue weighted by Gasteiger charge is -2.11. The van der Waals surface area contributed by atoms with Gasteiger partial charge in [-0.15, -0.1) is 0 Å². The summed E-state index contributed by atoms with van der Waals surface area (Å²) in [6, 6.07) is 17.3. The van der Waals surface area contributed by atoms with Crippen molar-refractivity contribution >= 4 is 28.9 Å². The second-order valence-corrected chi connectivity index (χ2v) is 6.17. The summed E-state index contributed by atoms with van der Waals surface area (Å²) in [6.45, 7) is 2.12. The molecule has 2 rings (SSSR count). The molecule has 132 valence electrons. The van der Waals surface area contributed by atoms with Gasteiger partial charge in [0.25, 0.3) is 5.91 Å². The fourth-order valence-corrected chi connectivity index (χ4v) is 2.56. The van der Waals surface area contributed by atoms with Crippen molar-refractivity contribution in [1.82, 2.24) is 5.32 Å². The molecule has 1 amide bonds. The van der Waals surface area contributed by atoms with Crippen molar-refractivity contribution in [3.05, 3.63) is 60.2 Å². The molecule has 5 heteroatoms. The average molecular weight is 356 g/mol. The number of ether oxygens (including phenoxy) is 1. The smallest absolute Gasteiger partial charge is 0.264 e. The molecule has 0 heterocycles. The van der Waals surface area contributed by atoms with Crippen LogP contribution in [0.3, 0.4) is 0 Å². The molecule has 0 radical (unpaired) electrons. The van der Waals surface area contributed by atoms with Gasteiger partial charge in [-0.2, -0.15) is 0 Å². The van der Waals surface area contributed by atoms with E-state index in [1.165, 1.54) is 24.8 Å². The molecule has 0 atom stereocenters. The van der Waals surface area contributed by atoms with Crippen molar-refractivity contribution in [2.45, 2.75) is 32.6 Å². The first-order valence-corrected chi connectivity index (χ1v) is 8.96. The Morgan fingerprint density at radius 3 is 2.44 bits per heavy atom. The lowest BCUT2D eigenvalue weighted by molar-refractivity contribution is -0.121. The molecule has 2 aromatic carbocycles. The number of anilines is 1. The molecule has 4 nitrogen and oxygen atoms in total. The van der Waals surface area contributed by atoms with E-state index in [2.05, 4.69) is 29.7 Å². The number of hydrogen-bond donors (Lipinski definition) is 2. The van der Waals surface area contributed by atoms with Gasteiger partial charge in [-0.3, -0.25) is 10.1 Å². The second kappa shape index (κ2) is 10.5. The molecule has 0 unspecified atom stereocenters. The first-order valence-electron chi connectivity index (χ1n) is 8.55. The number of amides is 1. The van der Waals surface area contributed by atoms with Crippen molar-refractivity contribution in [3.8, 4) is 5.75 Å². The van der Waals surface area contributed by atoms with Crippen molar-refractivity contribution in [3.63, 3.8) is 0 Å². The fourth-order valence-electron chi connectivity index (χ4n) is 2.32. The molecule has 0 saturated carbocycles. The number of unbranched alkanes of at least 4 members (excludes halogenated alkanes) is 2.